The van der Waals surface area contributed by atoms with E-state index in [1.54, 1.807) is 18.6 Å². The van der Waals surface area contributed by atoms with Gasteiger partial charge in [-0.1, -0.05) is 36.4 Å². The summed E-state index contributed by atoms with van der Waals surface area (Å²) >= 11 is 3.61. The van der Waals surface area contributed by atoms with E-state index < -0.39 is 0 Å². The van der Waals surface area contributed by atoms with Gasteiger partial charge in [-0.2, -0.15) is 0 Å². The topological polar surface area (TPSA) is 38.7 Å². The van der Waals surface area contributed by atoms with Crippen LogP contribution in [0.1, 0.15) is 0 Å². The van der Waals surface area contributed by atoms with Crippen molar-refractivity contribution in [1.82, 2.24) is 15.0 Å². The van der Waals surface area contributed by atoms with Crippen LogP contribution in [0.15, 0.2) is 102 Å². The molecule has 4 heteroatoms. The second-order valence-corrected chi connectivity index (χ2v) is 7.61. The lowest BCUT2D eigenvalue weighted by molar-refractivity contribution is 1.23. The van der Waals surface area contributed by atoms with Crippen LogP contribution in [0.3, 0.4) is 0 Å². The van der Waals surface area contributed by atoms with E-state index in [4.69, 9.17) is 4.98 Å². The number of benzene rings is 2. The smallest absolute Gasteiger partial charge is 0.103 e. The number of halogens is 1. The van der Waals surface area contributed by atoms with Crippen LogP contribution in [0, 0.1) is 0 Å². The molecule has 29 heavy (non-hydrogen) atoms. The molecule has 3 nitrogen and oxygen atoms in total. The monoisotopic (exact) mass is 437 g/mol. The summed E-state index contributed by atoms with van der Waals surface area (Å²) in [5.41, 5.74) is 5.82. The highest BCUT2D eigenvalue weighted by atomic mass is 79.9. The van der Waals surface area contributed by atoms with Crippen LogP contribution in [-0.4, -0.2) is 15.0 Å². The Labute approximate surface area is 177 Å². The van der Waals surface area contributed by atoms with E-state index in [0.29, 0.717) is 0 Å². The molecule has 5 rings (SSSR count). The largest absolute Gasteiger partial charge is 0.265 e. The summed E-state index contributed by atoms with van der Waals surface area (Å²) in [6.07, 6.45) is 5.36. The molecular weight excluding hydrogens is 422 g/mol. The van der Waals surface area contributed by atoms with Gasteiger partial charge in [0.15, 0.2) is 0 Å². The first-order chi connectivity index (χ1) is 14.3. The molecule has 0 aliphatic rings. The quantitative estimate of drug-likeness (QED) is 0.311. The molecule has 0 unspecified atom stereocenters. The van der Waals surface area contributed by atoms with Gasteiger partial charge >= 0.3 is 0 Å². The van der Waals surface area contributed by atoms with Crippen molar-refractivity contribution in [3.05, 3.63) is 102 Å². The van der Waals surface area contributed by atoms with Gasteiger partial charge < -0.3 is 0 Å². The lowest BCUT2D eigenvalue weighted by atomic mass is 9.99. The summed E-state index contributed by atoms with van der Waals surface area (Å²) in [5, 5.41) is 2.44. The third-order valence-electron chi connectivity index (χ3n) is 4.89. The average molecular weight is 438 g/mol. The third-order valence-corrected chi connectivity index (χ3v) is 5.53. The lowest BCUT2D eigenvalue weighted by Crippen LogP contribution is -1.94. The molecule has 138 valence electrons. The maximum absolute atomic E-state index is 4.90. The minimum Gasteiger partial charge on any atom is -0.265 e. The van der Waals surface area contributed by atoms with E-state index in [9.17, 15) is 0 Å². The van der Waals surface area contributed by atoms with Crippen molar-refractivity contribution in [3.63, 3.8) is 0 Å². The molecule has 3 heterocycles. The van der Waals surface area contributed by atoms with Crippen LogP contribution in [0.4, 0.5) is 0 Å². The highest BCUT2D eigenvalue weighted by Gasteiger charge is 2.12. The summed E-state index contributed by atoms with van der Waals surface area (Å²) in [6, 6.07) is 27.0. The highest BCUT2D eigenvalue weighted by molar-refractivity contribution is 9.10. The van der Waals surface area contributed by atoms with Crippen LogP contribution in [0.25, 0.3) is 44.5 Å². The summed E-state index contributed by atoms with van der Waals surface area (Å²) in [6.45, 7) is 0. The van der Waals surface area contributed by atoms with E-state index in [0.717, 1.165) is 38.2 Å². The molecule has 0 radical (unpaired) electrons. The fourth-order valence-electron chi connectivity index (χ4n) is 3.43. The van der Waals surface area contributed by atoms with Gasteiger partial charge in [-0.15, -0.1) is 0 Å². The van der Waals surface area contributed by atoms with E-state index in [-0.39, 0.29) is 0 Å². The van der Waals surface area contributed by atoms with Gasteiger partial charge in [0, 0.05) is 28.6 Å². The van der Waals surface area contributed by atoms with Crippen LogP contribution in [0.5, 0.6) is 0 Å². The molecule has 0 amide bonds. The Morgan fingerprint density at radius 2 is 1.38 bits per heavy atom. The van der Waals surface area contributed by atoms with Gasteiger partial charge in [-0.25, -0.2) is 4.98 Å². The molecule has 0 aliphatic heterocycles. The number of hydrogen-bond donors (Lipinski definition) is 0. The standard InChI is InChI=1S/C25H16BrN3/c26-22-6-3-11-28-25(22)24-16-21(15-23(29-24)18-9-12-27-13-10-18)20-8-7-17-4-1-2-5-19(17)14-20/h1-16H. The van der Waals surface area contributed by atoms with Gasteiger partial charge in [0.1, 0.15) is 5.69 Å². The predicted molar refractivity (Wildman–Crippen MR) is 121 cm³/mol. The van der Waals surface area contributed by atoms with E-state index in [1.165, 1.54) is 10.8 Å². The maximum atomic E-state index is 4.90. The van der Waals surface area contributed by atoms with Gasteiger partial charge in [-0.05, 0) is 80.3 Å². The Bertz CT molecular complexity index is 1320. The Morgan fingerprint density at radius 3 is 2.21 bits per heavy atom. The van der Waals surface area contributed by atoms with Crippen LogP contribution in [-0.2, 0) is 0 Å². The van der Waals surface area contributed by atoms with Crippen molar-refractivity contribution in [1.29, 1.82) is 0 Å². The molecule has 0 bridgehead atoms. The van der Waals surface area contributed by atoms with E-state index in [1.807, 2.05) is 24.3 Å². The van der Waals surface area contributed by atoms with E-state index in [2.05, 4.69) is 80.5 Å². The molecular formula is C25H16BrN3. The Balaban J connectivity index is 1.73. The zero-order valence-electron chi connectivity index (χ0n) is 15.5. The summed E-state index contributed by atoms with van der Waals surface area (Å²) in [7, 11) is 0. The second-order valence-electron chi connectivity index (χ2n) is 6.76. The SMILES string of the molecule is Brc1cccnc1-c1cc(-c2ccc3ccccc3c2)cc(-c2ccncc2)n1. The molecule has 0 fully saturated rings. The average Bonchev–Trinajstić information content (AvgIpc) is 2.79. The van der Waals surface area contributed by atoms with Gasteiger partial charge in [0.05, 0.1) is 11.4 Å². The fourth-order valence-corrected chi connectivity index (χ4v) is 3.89. The number of nitrogens with zero attached hydrogens (tertiary/aromatic N) is 3. The van der Waals surface area contributed by atoms with Crippen molar-refractivity contribution in [2.75, 3.05) is 0 Å². The molecule has 5 aromatic rings. The van der Waals surface area contributed by atoms with Crippen molar-refractivity contribution in [3.8, 4) is 33.8 Å². The highest BCUT2D eigenvalue weighted by Crippen LogP contribution is 2.33. The molecule has 0 aliphatic carbocycles. The van der Waals surface area contributed by atoms with Crippen LogP contribution in [0.2, 0.25) is 0 Å². The van der Waals surface area contributed by atoms with E-state index >= 15 is 0 Å². The van der Waals surface area contributed by atoms with Crippen molar-refractivity contribution in [2.45, 2.75) is 0 Å². The lowest BCUT2D eigenvalue weighted by Gasteiger charge is -2.11. The Morgan fingerprint density at radius 1 is 0.586 bits per heavy atom. The maximum Gasteiger partial charge on any atom is 0.103 e. The number of pyridine rings is 3. The van der Waals surface area contributed by atoms with Gasteiger partial charge in [-0.3, -0.25) is 9.97 Å². The zero-order chi connectivity index (χ0) is 19.6. The number of rotatable bonds is 3. The molecule has 0 saturated carbocycles. The first-order valence-corrected chi connectivity index (χ1v) is 10.1. The first kappa shape index (κ1) is 17.7. The Kier molecular flexibility index (Phi) is 4.62. The predicted octanol–water partition coefficient (Wildman–Crippen LogP) is 6.79. The van der Waals surface area contributed by atoms with Crippen molar-refractivity contribution < 1.29 is 0 Å². The zero-order valence-corrected chi connectivity index (χ0v) is 17.0. The summed E-state index contributed by atoms with van der Waals surface area (Å²) in [4.78, 5) is 13.6. The number of aromatic nitrogens is 3. The first-order valence-electron chi connectivity index (χ1n) is 9.30. The molecule has 0 atom stereocenters. The number of hydrogen-bond acceptors (Lipinski definition) is 3. The van der Waals surface area contributed by atoms with Crippen molar-refractivity contribution >= 4 is 26.7 Å². The summed E-state index contributed by atoms with van der Waals surface area (Å²) < 4.78 is 0.920. The third kappa shape index (κ3) is 3.55. The van der Waals surface area contributed by atoms with Crippen LogP contribution >= 0.6 is 15.9 Å². The van der Waals surface area contributed by atoms with Crippen molar-refractivity contribution in [2.24, 2.45) is 0 Å². The van der Waals surface area contributed by atoms with Crippen LogP contribution < -0.4 is 0 Å². The minimum atomic E-state index is 0.824. The Hall–Kier alpha value is -3.37. The molecule has 0 saturated heterocycles. The fraction of sp³-hybridized carbons (Fsp3) is 0. The molecule has 0 spiro atoms. The summed E-state index contributed by atoms with van der Waals surface area (Å²) in [5.74, 6) is 0. The molecule has 3 aromatic heterocycles. The molecule has 0 N–H and O–H groups in total. The number of fused-ring (bicyclic) bond motifs is 1. The molecule has 2 aromatic carbocycles. The normalized spacial score (nSPS) is 10.9. The van der Waals surface area contributed by atoms with Gasteiger partial charge in [0.25, 0.3) is 0 Å². The van der Waals surface area contributed by atoms with Gasteiger partial charge in [0.2, 0.25) is 0 Å². The second kappa shape index (κ2) is 7.57. The minimum absolute atomic E-state index is 0.824.